The van der Waals surface area contributed by atoms with Crippen LogP contribution in [-0.2, 0) is 6.54 Å². The van der Waals surface area contributed by atoms with Crippen molar-refractivity contribution in [2.24, 2.45) is 0 Å². The summed E-state index contributed by atoms with van der Waals surface area (Å²) in [5.74, 6) is 0. The Morgan fingerprint density at radius 2 is 2.18 bits per heavy atom. The molecular weight excluding hydrogens is 278 g/mol. The fourth-order valence-corrected chi connectivity index (χ4v) is 1.86. The molecule has 4 heteroatoms. The summed E-state index contributed by atoms with van der Waals surface area (Å²) >= 11 is 3.37. The number of nitrogens with zero attached hydrogens (tertiary/aromatic N) is 2. The summed E-state index contributed by atoms with van der Waals surface area (Å²) in [6, 6.07) is 13.5. The Morgan fingerprint density at radius 1 is 1.29 bits per heavy atom. The molecule has 3 nitrogen and oxygen atoms in total. The quantitative estimate of drug-likeness (QED) is 0.881. The van der Waals surface area contributed by atoms with Gasteiger partial charge in [-0.2, -0.15) is 5.26 Å². The number of nitriles is 1. The monoisotopic (exact) mass is 287 g/mol. The Hall–Kier alpha value is -1.86. The third-order valence-corrected chi connectivity index (χ3v) is 2.93. The molecule has 0 radical (unpaired) electrons. The lowest BCUT2D eigenvalue weighted by atomic mass is 10.1. The Labute approximate surface area is 108 Å². The molecule has 2 aromatic rings. The average Bonchev–Trinajstić information content (AvgIpc) is 2.38. The van der Waals surface area contributed by atoms with Crippen LogP contribution in [0, 0.1) is 11.3 Å². The SMILES string of the molecule is N#Cc1cccc(CNc2cccnc2Br)c1. The highest BCUT2D eigenvalue weighted by Crippen LogP contribution is 2.19. The first kappa shape index (κ1) is 11.6. The summed E-state index contributed by atoms with van der Waals surface area (Å²) in [7, 11) is 0. The molecule has 1 aromatic carbocycles. The molecule has 0 spiro atoms. The van der Waals surface area contributed by atoms with E-state index in [0.29, 0.717) is 12.1 Å². The average molecular weight is 288 g/mol. The molecule has 0 atom stereocenters. The summed E-state index contributed by atoms with van der Waals surface area (Å²) in [6.07, 6.45) is 1.73. The maximum absolute atomic E-state index is 8.80. The van der Waals surface area contributed by atoms with E-state index in [1.165, 1.54) is 0 Å². The van der Waals surface area contributed by atoms with Crippen LogP contribution in [0.5, 0.6) is 0 Å². The maximum atomic E-state index is 8.80. The van der Waals surface area contributed by atoms with E-state index < -0.39 is 0 Å². The van der Waals surface area contributed by atoms with Crippen molar-refractivity contribution in [2.45, 2.75) is 6.54 Å². The van der Waals surface area contributed by atoms with Gasteiger partial charge >= 0.3 is 0 Å². The smallest absolute Gasteiger partial charge is 0.129 e. The second-order valence-corrected chi connectivity index (χ2v) is 4.26. The summed E-state index contributed by atoms with van der Waals surface area (Å²) in [4.78, 5) is 4.13. The van der Waals surface area contributed by atoms with Gasteiger partial charge in [-0.15, -0.1) is 0 Å². The molecule has 1 aromatic heterocycles. The minimum absolute atomic E-state index is 0.666. The van der Waals surface area contributed by atoms with Gasteiger partial charge in [0.2, 0.25) is 0 Å². The molecule has 0 saturated carbocycles. The lowest BCUT2D eigenvalue weighted by Gasteiger charge is -2.07. The van der Waals surface area contributed by atoms with E-state index in [0.717, 1.165) is 15.9 Å². The third kappa shape index (κ3) is 3.05. The number of hydrogen-bond donors (Lipinski definition) is 1. The van der Waals surface area contributed by atoms with Crippen LogP contribution in [0.4, 0.5) is 5.69 Å². The number of benzene rings is 1. The molecule has 1 N–H and O–H groups in total. The molecule has 0 fully saturated rings. The summed E-state index contributed by atoms with van der Waals surface area (Å²) in [5.41, 5.74) is 2.68. The van der Waals surface area contributed by atoms with Crippen molar-refractivity contribution in [1.82, 2.24) is 4.98 Å². The molecule has 2 rings (SSSR count). The maximum Gasteiger partial charge on any atom is 0.129 e. The van der Waals surface area contributed by atoms with Crippen LogP contribution >= 0.6 is 15.9 Å². The number of aromatic nitrogens is 1. The van der Waals surface area contributed by atoms with Gasteiger partial charge in [-0.25, -0.2) is 4.98 Å². The van der Waals surface area contributed by atoms with Crippen LogP contribution < -0.4 is 5.32 Å². The lowest BCUT2D eigenvalue weighted by molar-refractivity contribution is 1.12. The largest absolute Gasteiger partial charge is 0.379 e. The van der Waals surface area contributed by atoms with E-state index in [1.807, 2.05) is 30.3 Å². The van der Waals surface area contributed by atoms with E-state index in [9.17, 15) is 0 Å². The van der Waals surface area contributed by atoms with Crippen molar-refractivity contribution >= 4 is 21.6 Å². The van der Waals surface area contributed by atoms with Gasteiger partial charge in [-0.1, -0.05) is 12.1 Å². The van der Waals surface area contributed by atoms with Crippen LogP contribution in [0.3, 0.4) is 0 Å². The Balaban J connectivity index is 2.08. The highest BCUT2D eigenvalue weighted by molar-refractivity contribution is 9.10. The summed E-state index contributed by atoms with van der Waals surface area (Å²) < 4.78 is 0.788. The Morgan fingerprint density at radius 3 is 2.94 bits per heavy atom. The molecule has 0 saturated heterocycles. The van der Waals surface area contributed by atoms with Gasteiger partial charge in [-0.05, 0) is 45.8 Å². The van der Waals surface area contributed by atoms with Crippen molar-refractivity contribution in [2.75, 3.05) is 5.32 Å². The van der Waals surface area contributed by atoms with Gasteiger partial charge in [0.1, 0.15) is 4.60 Å². The molecule has 0 unspecified atom stereocenters. The summed E-state index contributed by atoms with van der Waals surface area (Å²) in [5, 5.41) is 12.1. The zero-order valence-electron chi connectivity index (χ0n) is 9.02. The van der Waals surface area contributed by atoms with Crippen molar-refractivity contribution in [3.8, 4) is 6.07 Å². The van der Waals surface area contributed by atoms with E-state index in [4.69, 9.17) is 5.26 Å². The minimum Gasteiger partial charge on any atom is -0.379 e. The normalized spacial score (nSPS) is 9.65. The highest BCUT2D eigenvalue weighted by atomic mass is 79.9. The van der Waals surface area contributed by atoms with Crippen LogP contribution in [0.1, 0.15) is 11.1 Å². The van der Waals surface area contributed by atoms with Gasteiger partial charge in [0, 0.05) is 12.7 Å². The number of nitrogens with one attached hydrogen (secondary N) is 1. The molecule has 0 aliphatic heterocycles. The molecule has 0 bridgehead atoms. The van der Waals surface area contributed by atoms with E-state index in [-0.39, 0.29) is 0 Å². The number of rotatable bonds is 3. The van der Waals surface area contributed by atoms with E-state index in [1.54, 1.807) is 12.3 Å². The molecule has 0 amide bonds. The van der Waals surface area contributed by atoms with Crippen LogP contribution in [0.15, 0.2) is 47.2 Å². The Kier molecular flexibility index (Phi) is 3.73. The molecule has 1 heterocycles. The van der Waals surface area contributed by atoms with Gasteiger partial charge in [0.25, 0.3) is 0 Å². The summed E-state index contributed by atoms with van der Waals surface area (Å²) in [6.45, 7) is 0.666. The van der Waals surface area contributed by atoms with Crippen molar-refractivity contribution < 1.29 is 0 Å². The fourth-order valence-electron chi connectivity index (χ4n) is 1.47. The molecule has 84 valence electrons. The Bertz CT molecular complexity index is 561. The molecule has 0 aliphatic rings. The van der Waals surface area contributed by atoms with Crippen LogP contribution in [0.25, 0.3) is 0 Å². The van der Waals surface area contributed by atoms with E-state index in [2.05, 4.69) is 32.3 Å². The zero-order valence-corrected chi connectivity index (χ0v) is 10.6. The number of halogens is 1. The fraction of sp³-hybridized carbons (Fsp3) is 0.0769. The zero-order chi connectivity index (χ0) is 12.1. The van der Waals surface area contributed by atoms with Crippen LogP contribution in [-0.4, -0.2) is 4.98 Å². The topological polar surface area (TPSA) is 48.7 Å². The second kappa shape index (κ2) is 5.46. The number of anilines is 1. The predicted octanol–water partition coefficient (Wildman–Crippen LogP) is 3.33. The van der Waals surface area contributed by atoms with Gasteiger partial charge < -0.3 is 5.32 Å². The number of hydrogen-bond acceptors (Lipinski definition) is 3. The van der Waals surface area contributed by atoms with Crippen molar-refractivity contribution in [1.29, 1.82) is 5.26 Å². The lowest BCUT2D eigenvalue weighted by Crippen LogP contribution is -2.00. The highest BCUT2D eigenvalue weighted by Gasteiger charge is 1.99. The van der Waals surface area contributed by atoms with Gasteiger partial charge in [0.15, 0.2) is 0 Å². The van der Waals surface area contributed by atoms with Crippen LogP contribution in [0.2, 0.25) is 0 Å². The molecular formula is C13H10BrN3. The number of pyridine rings is 1. The van der Waals surface area contributed by atoms with Crippen molar-refractivity contribution in [3.05, 3.63) is 58.3 Å². The van der Waals surface area contributed by atoms with Gasteiger partial charge in [0.05, 0.1) is 17.3 Å². The predicted molar refractivity (Wildman–Crippen MR) is 70.4 cm³/mol. The third-order valence-electron chi connectivity index (χ3n) is 2.30. The standard InChI is InChI=1S/C13H10BrN3/c14-13-12(5-2-6-16-13)17-9-11-4-1-3-10(7-11)8-15/h1-7,17H,9H2. The molecule has 0 aliphatic carbocycles. The minimum atomic E-state index is 0.666. The van der Waals surface area contributed by atoms with E-state index >= 15 is 0 Å². The first-order valence-corrected chi connectivity index (χ1v) is 5.92. The first-order valence-electron chi connectivity index (χ1n) is 5.13. The van der Waals surface area contributed by atoms with Gasteiger partial charge in [-0.3, -0.25) is 0 Å². The second-order valence-electron chi connectivity index (χ2n) is 3.51. The van der Waals surface area contributed by atoms with Crippen molar-refractivity contribution in [3.63, 3.8) is 0 Å². The first-order chi connectivity index (χ1) is 8.29. The molecule has 17 heavy (non-hydrogen) atoms.